The standard InChI is InChI=1S/C15H15ClFN3O3S2.C8H6Cl2O3.C3H8NO5P/c1-23-13(21)8-24-12-7-11(10(17)6-9(12)16)18-14-19-4-2-3-5-20(19)15(22)25-14;1-13-7-5(10)3-2-4(9)6(7)8(11)12;5-3(6)1-4-2-10(7,8)9/h6-7H,2-5,8H2,1H3;2-3H,1H3,(H,11,12);4H,1-2H2,(H,5,6)(H2,7,8,9). The number of thioether (sulfide) groups is 1. The molecule has 2 aromatic carbocycles. The first kappa shape index (κ1) is 41.2. The fraction of sp³-hybridized carbons (Fsp3) is 0.346. The molecule has 0 spiro atoms. The summed E-state index contributed by atoms with van der Waals surface area (Å²) in [5, 5.41) is 19.4. The Labute approximate surface area is 295 Å². The Morgan fingerprint density at radius 2 is 1.69 bits per heavy atom. The number of carboxylic acid groups (broad SMARTS) is 2. The van der Waals surface area contributed by atoms with E-state index in [9.17, 15) is 28.1 Å². The van der Waals surface area contributed by atoms with Crippen molar-refractivity contribution in [2.75, 3.05) is 32.8 Å². The Bertz CT molecular complexity index is 1810. The number of rotatable bonds is 10. The maximum Gasteiger partial charge on any atom is 0.341 e. The van der Waals surface area contributed by atoms with Crippen LogP contribution in [0.5, 0.6) is 5.75 Å². The molecular weight excluding hydrogens is 765 g/mol. The van der Waals surface area contributed by atoms with Crippen molar-refractivity contribution >= 4 is 89.1 Å². The topological polar surface area (TPSA) is 219 Å². The zero-order valence-electron chi connectivity index (χ0n) is 25.0. The zero-order chi connectivity index (χ0) is 36.2. The van der Waals surface area contributed by atoms with E-state index in [2.05, 4.69) is 15.0 Å². The lowest BCUT2D eigenvalue weighted by Gasteiger charge is -2.15. The minimum absolute atomic E-state index is 0.0605. The number of fused-ring (bicyclic) bond motifs is 1. The van der Waals surface area contributed by atoms with Gasteiger partial charge < -0.3 is 29.5 Å². The summed E-state index contributed by atoms with van der Waals surface area (Å²) >= 11 is 19.5. The average molecular weight is 794 g/mol. The summed E-state index contributed by atoms with van der Waals surface area (Å²) in [6.07, 6.45) is 1.30. The van der Waals surface area contributed by atoms with Crippen molar-refractivity contribution in [3.63, 3.8) is 0 Å². The lowest BCUT2D eigenvalue weighted by Crippen LogP contribution is -2.31. The van der Waals surface area contributed by atoms with Gasteiger partial charge in [-0.2, -0.15) is 0 Å². The van der Waals surface area contributed by atoms with Gasteiger partial charge in [0.2, 0.25) is 4.80 Å². The molecule has 0 radical (unpaired) electrons. The number of nitrogens with zero attached hydrogens (tertiary/aromatic N) is 3. The molecule has 0 saturated heterocycles. The molecule has 0 atom stereocenters. The maximum absolute atomic E-state index is 14.3. The number of carboxylic acids is 2. The van der Waals surface area contributed by atoms with Gasteiger partial charge in [-0.05, 0) is 48.4 Å². The molecule has 0 saturated carbocycles. The number of ether oxygens (including phenoxy) is 2. The van der Waals surface area contributed by atoms with Crippen LogP contribution < -0.4 is 19.7 Å². The summed E-state index contributed by atoms with van der Waals surface area (Å²) in [7, 11) is -1.46. The first-order valence-electron chi connectivity index (χ1n) is 13.3. The summed E-state index contributed by atoms with van der Waals surface area (Å²) in [6.45, 7) is 0.885. The molecule has 264 valence electrons. The number of aromatic carboxylic acids is 1. The van der Waals surface area contributed by atoms with Crippen LogP contribution in [0.1, 0.15) is 23.2 Å². The minimum atomic E-state index is -4.10. The van der Waals surface area contributed by atoms with Gasteiger partial charge in [-0.15, -0.1) is 11.8 Å². The van der Waals surface area contributed by atoms with Gasteiger partial charge in [0.1, 0.15) is 17.1 Å². The van der Waals surface area contributed by atoms with Gasteiger partial charge in [0.25, 0.3) is 0 Å². The van der Waals surface area contributed by atoms with Crippen LogP contribution in [0.15, 0.2) is 38.9 Å². The van der Waals surface area contributed by atoms with Crippen molar-refractivity contribution in [2.24, 2.45) is 4.99 Å². The fourth-order valence-corrected chi connectivity index (χ4v) is 6.53. The highest BCUT2D eigenvalue weighted by Crippen LogP contribution is 2.34. The van der Waals surface area contributed by atoms with Crippen molar-refractivity contribution in [2.45, 2.75) is 30.8 Å². The van der Waals surface area contributed by atoms with Crippen molar-refractivity contribution < 1.29 is 52.8 Å². The Hall–Kier alpha value is -2.93. The second-order valence-corrected chi connectivity index (χ2v) is 14.0. The van der Waals surface area contributed by atoms with Gasteiger partial charge >= 0.3 is 30.4 Å². The van der Waals surface area contributed by atoms with Gasteiger partial charge in [0, 0.05) is 18.0 Å². The smallest absolute Gasteiger partial charge is 0.341 e. The second-order valence-electron chi connectivity index (χ2n) is 9.20. The van der Waals surface area contributed by atoms with Crippen LogP contribution in [0.2, 0.25) is 15.1 Å². The average Bonchev–Trinajstić information content (AvgIpc) is 3.33. The maximum atomic E-state index is 14.3. The van der Waals surface area contributed by atoms with E-state index in [1.165, 1.54) is 32.4 Å². The van der Waals surface area contributed by atoms with Gasteiger partial charge in [-0.1, -0.05) is 34.8 Å². The fourth-order valence-electron chi connectivity index (χ4n) is 3.67. The number of aromatic nitrogens is 2. The van der Waals surface area contributed by atoms with Crippen LogP contribution in [0.3, 0.4) is 0 Å². The van der Waals surface area contributed by atoms with Gasteiger partial charge in [-0.3, -0.25) is 28.9 Å². The Kier molecular flexibility index (Phi) is 16.6. The molecular formula is C26H29Cl3FN4O11PS2. The number of hydrogen-bond donors (Lipinski definition) is 5. The number of halogens is 4. The third-order valence-corrected chi connectivity index (χ3v) is 9.32. The predicted molar refractivity (Wildman–Crippen MR) is 178 cm³/mol. The molecule has 15 nitrogen and oxygen atoms in total. The number of hydrogen-bond acceptors (Lipinski definition) is 11. The lowest BCUT2D eigenvalue weighted by molar-refractivity contribution is -0.137. The Morgan fingerprint density at radius 1 is 1.06 bits per heavy atom. The van der Waals surface area contributed by atoms with Crippen molar-refractivity contribution in [3.05, 3.63) is 65.2 Å². The summed E-state index contributed by atoms with van der Waals surface area (Å²) in [6, 6.07) is 5.54. The Balaban J connectivity index is 0.000000291. The SMILES string of the molecule is COC(=O)CSc1cc(N=c2sc(=O)n3n2CCCC3)c(F)cc1Cl.COc1c(Cl)ccc(Cl)c1C(=O)O.O=C(O)CNCP(=O)(O)O. The van der Waals surface area contributed by atoms with Crippen LogP contribution >= 0.6 is 65.5 Å². The monoisotopic (exact) mass is 792 g/mol. The molecule has 0 unspecified atom stereocenters. The van der Waals surface area contributed by atoms with E-state index < -0.39 is 44.2 Å². The van der Waals surface area contributed by atoms with E-state index in [-0.39, 0.29) is 42.7 Å². The molecule has 2 heterocycles. The number of carbonyl (C=O) groups excluding carboxylic acids is 1. The number of methoxy groups -OCH3 is 2. The van der Waals surface area contributed by atoms with Gasteiger partial charge in [-0.25, -0.2) is 18.9 Å². The van der Waals surface area contributed by atoms with E-state index in [1.807, 2.05) is 0 Å². The molecule has 22 heteroatoms. The zero-order valence-corrected chi connectivity index (χ0v) is 29.8. The molecule has 4 rings (SSSR count). The highest BCUT2D eigenvalue weighted by molar-refractivity contribution is 8.00. The van der Waals surface area contributed by atoms with Crippen LogP contribution in [-0.4, -0.2) is 80.1 Å². The van der Waals surface area contributed by atoms with Crippen LogP contribution in [0, 0.1) is 5.82 Å². The summed E-state index contributed by atoms with van der Waals surface area (Å²) in [5.41, 5.74) is -0.0313. The van der Waals surface area contributed by atoms with Crippen LogP contribution in [-0.2, 0) is 32.0 Å². The van der Waals surface area contributed by atoms with Crippen molar-refractivity contribution in [3.8, 4) is 5.75 Å². The molecule has 48 heavy (non-hydrogen) atoms. The first-order valence-corrected chi connectivity index (χ1v) is 18.0. The van der Waals surface area contributed by atoms with E-state index in [1.54, 1.807) is 9.36 Å². The van der Waals surface area contributed by atoms with Crippen molar-refractivity contribution in [1.82, 2.24) is 14.7 Å². The number of aliphatic carboxylic acids is 1. The van der Waals surface area contributed by atoms with Crippen LogP contribution in [0.25, 0.3) is 0 Å². The van der Waals surface area contributed by atoms with E-state index in [4.69, 9.17) is 59.5 Å². The summed E-state index contributed by atoms with van der Waals surface area (Å²) in [4.78, 5) is 65.4. The first-order chi connectivity index (χ1) is 22.5. The van der Waals surface area contributed by atoms with Crippen molar-refractivity contribution in [1.29, 1.82) is 0 Å². The molecule has 3 aromatic rings. The second kappa shape index (κ2) is 19.3. The molecule has 0 aliphatic carbocycles. The van der Waals surface area contributed by atoms with E-state index >= 15 is 0 Å². The molecule has 1 aliphatic rings. The molecule has 1 aromatic heterocycles. The molecule has 0 bridgehead atoms. The van der Waals surface area contributed by atoms with E-state index in [0.717, 1.165) is 42.0 Å². The quantitative estimate of drug-likeness (QED) is 0.110. The minimum Gasteiger partial charge on any atom is -0.494 e. The highest BCUT2D eigenvalue weighted by atomic mass is 35.5. The third kappa shape index (κ3) is 12.8. The molecule has 0 fully saturated rings. The van der Waals surface area contributed by atoms with Gasteiger partial charge in [0.15, 0.2) is 5.75 Å². The number of nitrogens with one attached hydrogen (secondary N) is 1. The predicted octanol–water partition coefficient (Wildman–Crippen LogP) is 4.29. The highest BCUT2D eigenvalue weighted by Gasteiger charge is 2.18. The molecule has 5 N–H and O–H groups in total. The van der Waals surface area contributed by atoms with Gasteiger partial charge in [0.05, 0.1) is 47.9 Å². The number of esters is 1. The summed E-state index contributed by atoms with van der Waals surface area (Å²) in [5.74, 6) is -3.15. The normalized spacial score (nSPS) is 12.5. The Morgan fingerprint density at radius 3 is 2.23 bits per heavy atom. The number of carbonyl (C=O) groups is 3. The number of benzene rings is 2. The van der Waals surface area contributed by atoms with E-state index in [0.29, 0.717) is 22.8 Å². The van der Waals surface area contributed by atoms with Crippen LogP contribution in [0.4, 0.5) is 10.1 Å². The largest absolute Gasteiger partial charge is 0.494 e. The third-order valence-electron chi connectivity index (χ3n) is 5.75. The summed E-state index contributed by atoms with van der Waals surface area (Å²) < 4.78 is 37.1. The lowest BCUT2D eigenvalue weighted by atomic mass is 10.2. The molecule has 1 aliphatic heterocycles. The molecule has 0 amide bonds.